The first kappa shape index (κ1) is 14.9. The number of hydrogen-bond donors (Lipinski definition) is 1. The van der Waals surface area contributed by atoms with Crippen LogP contribution in [0.15, 0.2) is 0 Å². The molecule has 1 N–H and O–H groups in total. The van der Waals surface area contributed by atoms with Gasteiger partial charge in [-0.05, 0) is 33.1 Å². The smallest absolute Gasteiger partial charge is 0.408 e. The third kappa shape index (κ3) is 6.43. The second kappa shape index (κ2) is 6.51. The lowest BCUT2D eigenvalue weighted by Crippen LogP contribution is -2.43. The van der Waals surface area contributed by atoms with Gasteiger partial charge in [0.2, 0.25) is 0 Å². The summed E-state index contributed by atoms with van der Waals surface area (Å²) in [6.45, 7) is 9.36. The van der Waals surface area contributed by atoms with E-state index in [1.54, 1.807) is 20.8 Å². The van der Waals surface area contributed by atoms with Gasteiger partial charge in [-0.2, -0.15) is 0 Å². The van der Waals surface area contributed by atoms with Crippen LogP contribution in [0.4, 0.5) is 4.79 Å². The second-order valence-electron chi connectivity index (χ2n) is 5.07. The van der Waals surface area contributed by atoms with Crippen LogP contribution in [0.3, 0.4) is 0 Å². The largest absolute Gasteiger partial charge is 0.444 e. The summed E-state index contributed by atoms with van der Waals surface area (Å²) in [7, 11) is 0. The summed E-state index contributed by atoms with van der Waals surface area (Å²) in [5.74, 6) is 0.134. The maximum absolute atomic E-state index is 11.4. The number of aldehydes is 1. The van der Waals surface area contributed by atoms with E-state index in [9.17, 15) is 9.59 Å². The van der Waals surface area contributed by atoms with E-state index in [4.69, 9.17) is 4.74 Å². The average Bonchev–Trinajstić information content (AvgIpc) is 2.11. The Balaban J connectivity index is 4.22. The number of alkyl carbamates (subject to hydrolysis) is 1. The average molecular weight is 229 g/mol. The van der Waals surface area contributed by atoms with Crippen molar-refractivity contribution in [2.24, 2.45) is 5.92 Å². The van der Waals surface area contributed by atoms with Gasteiger partial charge in [-0.3, -0.25) is 0 Å². The van der Waals surface area contributed by atoms with Gasteiger partial charge in [0, 0.05) is 0 Å². The first-order valence-electron chi connectivity index (χ1n) is 5.75. The Bertz CT molecular complexity index is 233. The normalized spacial score (nSPS) is 15.1. The van der Waals surface area contributed by atoms with Crippen molar-refractivity contribution in [3.05, 3.63) is 0 Å². The molecule has 0 aliphatic heterocycles. The summed E-state index contributed by atoms with van der Waals surface area (Å²) in [4.78, 5) is 22.3. The molecule has 0 fully saturated rings. The Kier molecular flexibility index (Phi) is 6.08. The van der Waals surface area contributed by atoms with E-state index >= 15 is 0 Å². The van der Waals surface area contributed by atoms with Crippen molar-refractivity contribution < 1.29 is 14.3 Å². The highest BCUT2D eigenvalue weighted by Crippen LogP contribution is 2.11. The number of carbonyl (C=O) groups is 2. The highest BCUT2D eigenvalue weighted by Gasteiger charge is 2.22. The molecule has 1 amide bonds. The Morgan fingerprint density at radius 2 is 2.00 bits per heavy atom. The predicted molar refractivity (Wildman–Crippen MR) is 63.3 cm³/mol. The number of carbonyl (C=O) groups excluding carboxylic acids is 2. The molecule has 0 aliphatic carbocycles. The van der Waals surface area contributed by atoms with Gasteiger partial charge < -0.3 is 14.8 Å². The van der Waals surface area contributed by atoms with Crippen molar-refractivity contribution in [1.82, 2.24) is 5.32 Å². The van der Waals surface area contributed by atoms with Crippen molar-refractivity contribution in [3.8, 4) is 0 Å². The van der Waals surface area contributed by atoms with Crippen LogP contribution in [0.25, 0.3) is 0 Å². The lowest BCUT2D eigenvalue weighted by Gasteiger charge is -2.24. The molecular weight excluding hydrogens is 206 g/mol. The van der Waals surface area contributed by atoms with Gasteiger partial charge in [0.05, 0.1) is 6.04 Å². The molecule has 0 aromatic carbocycles. The zero-order chi connectivity index (χ0) is 12.8. The van der Waals surface area contributed by atoms with E-state index in [0.717, 1.165) is 19.1 Å². The monoisotopic (exact) mass is 229 g/mol. The van der Waals surface area contributed by atoms with E-state index in [2.05, 4.69) is 5.32 Å². The van der Waals surface area contributed by atoms with Gasteiger partial charge in [0.15, 0.2) is 0 Å². The van der Waals surface area contributed by atoms with E-state index in [0.29, 0.717) is 0 Å². The van der Waals surface area contributed by atoms with Gasteiger partial charge in [0.1, 0.15) is 11.9 Å². The fourth-order valence-corrected chi connectivity index (χ4v) is 1.39. The highest BCUT2D eigenvalue weighted by molar-refractivity contribution is 5.73. The van der Waals surface area contributed by atoms with Crippen LogP contribution in [-0.2, 0) is 9.53 Å². The molecule has 0 rings (SSSR count). The van der Waals surface area contributed by atoms with Crippen LogP contribution in [0, 0.1) is 5.92 Å². The molecule has 0 saturated heterocycles. The fourth-order valence-electron chi connectivity index (χ4n) is 1.39. The molecule has 0 spiro atoms. The number of nitrogens with one attached hydrogen (secondary N) is 1. The molecule has 0 heterocycles. The zero-order valence-corrected chi connectivity index (χ0v) is 10.9. The third-order valence-corrected chi connectivity index (χ3v) is 2.19. The van der Waals surface area contributed by atoms with Gasteiger partial charge in [0.25, 0.3) is 0 Å². The molecule has 4 nitrogen and oxygen atoms in total. The van der Waals surface area contributed by atoms with Gasteiger partial charge in [-0.15, -0.1) is 0 Å². The van der Waals surface area contributed by atoms with Crippen LogP contribution in [0.1, 0.15) is 47.5 Å². The van der Waals surface area contributed by atoms with Crippen LogP contribution < -0.4 is 5.32 Å². The minimum atomic E-state index is -0.536. The van der Waals surface area contributed by atoms with Gasteiger partial charge >= 0.3 is 6.09 Å². The zero-order valence-electron chi connectivity index (χ0n) is 10.9. The summed E-state index contributed by atoms with van der Waals surface area (Å²) >= 11 is 0. The molecule has 2 unspecified atom stereocenters. The number of ether oxygens (including phenoxy) is 1. The predicted octanol–water partition coefficient (Wildman–Crippen LogP) is 2.51. The van der Waals surface area contributed by atoms with Crippen molar-refractivity contribution in [1.29, 1.82) is 0 Å². The SMILES string of the molecule is CCCC(C)C(C=O)NC(=O)OC(C)(C)C. The Labute approximate surface area is 97.7 Å². The minimum absolute atomic E-state index is 0.134. The summed E-state index contributed by atoms with van der Waals surface area (Å²) in [6, 6.07) is -0.463. The molecule has 94 valence electrons. The van der Waals surface area contributed by atoms with Crippen molar-refractivity contribution in [2.45, 2.75) is 59.1 Å². The highest BCUT2D eigenvalue weighted by atomic mass is 16.6. The molecule has 0 saturated carbocycles. The summed E-state index contributed by atoms with van der Waals surface area (Å²) in [5.41, 5.74) is -0.536. The summed E-state index contributed by atoms with van der Waals surface area (Å²) < 4.78 is 5.09. The Hall–Kier alpha value is -1.06. The Morgan fingerprint density at radius 1 is 1.44 bits per heavy atom. The maximum Gasteiger partial charge on any atom is 0.408 e. The minimum Gasteiger partial charge on any atom is -0.444 e. The summed E-state index contributed by atoms with van der Waals surface area (Å²) in [6.07, 6.45) is 2.12. The van der Waals surface area contributed by atoms with Gasteiger partial charge in [-0.1, -0.05) is 20.3 Å². The van der Waals surface area contributed by atoms with E-state index < -0.39 is 17.7 Å². The van der Waals surface area contributed by atoms with E-state index in [-0.39, 0.29) is 5.92 Å². The van der Waals surface area contributed by atoms with Crippen molar-refractivity contribution in [3.63, 3.8) is 0 Å². The molecule has 2 atom stereocenters. The van der Waals surface area contributed by atoms with Crippen molar-refractivity contribution in [2.75, 3.05) is 0 Å². The standard InChI is InChI=1S/C12H23NO3/c1-6-7-9(2)10(8-14)13-11(15)16-12(3,4)5/h8-10H,6-7H2,1-5H3,(H,13,15). The van der Waals surface area contributed by atoms with E-state index in [1.165, 1.54) is 0 Å². The van der Waals surface area contributed by atoms with Crippen LogP contribution >= 0.6 is 0 Å². The molecule has 0 bridgehead atoms. The molecule has 0 radical (unpaired) electrons. The topological polar surface area (TPSA) is 55.4 Å². The maximum atomic E-state index is 11.4. The van der Waals surface area contributed by atoms with Crippen molar-refractivity contribution >= 4 is 12.4 Å². The van der Waals surface area contributed by atoms with Crippen LogP contribution in [-0.4, -0.2) is 24.0 Å². The number of amides is 1. The molecule has 0 aromatic rings. The molecule has 16 heavy (non-hydrogen) atoms. The first-order chi connectivity index (χ1) is 7.30. The second-order valence-corrected chi connectivity index (χ2v) is 5.07. The quantitative estimate of drug-likeness (QED) is 0.737. The lowest BCUT2D eigenvalue weighted by atomic mass is 9.98. The third-order valence-electron chi connectivity index (χ3n) is 2.19. The molecular formula is C12H23NO3. The van der Waals surface area contributed by atoms with E-state index in [1.807, 2.05) is 13.8 Å². The molecule has 0 aromatic heterocycles. The van der Waals surface area contributed by atoms with Crippen LogP contribution in [0.2, 0.25) is 0 Å². The number of hydrogen-bond acceptors (Lipinski definition) is 3. The van der Waals surface area contributed by atoms with Gasteiger partial charge in [-0.25, -0.2) is 4.79 Å². The number of rotatable bonds is 5. The lowest BCUT2D eigenvalue weighted by molar-refractivity contribution is -0.110. The first-order valence-corrected chi connectivity index (χ1v) is 5.75. The van der Waals surface area contributed by atoms with Crippen LogP contribution in [0.5, 0.6) is 0 Å². The Morgan fingerprint density at radius 3 is 2.38 bits per heavy atom. The molecule has 0 aliphatic rings. The molecule has 4 heteroatoms. The fraction of sp³-hybridized carbons (Fsp3) is 0.833. The summed E-state index contributed by atoms with van der Waals surface area (Å²) in [5, 5.41) is 2.58.